The second-order valence-electron chi connectivity index (χ2n) is 13.0. The zero-order chi connectivity index (χ0) is 35.6. The minimum absolute atomic E-state index is 0.154. The number of carbonyl (C=O) groups excluding carboxylic acids is 1. The Hall–Kier alpha value is -4.05. The average Bonchev–Trinajstić information content (AvgIpc) is 3.74. The van der Waals surface area contributed by atoms with Crippen LogP contribution < -0.4 is 20.1 Å². The Morgan fingerprint density at radius 2 is 1.48 bits per heavy atom. The normalized spacial score (nSPS) is 16.9. The molecule has 11 heteroatoms. The van der Waals surface area contributed by atoms with Gasteiger partial charge >= 0.3 is 0 Å². The standard InChI is InChI=1S/C20H24ClN3O.C19H22ClN3O2/c1-13-7-8-15(9-13)10-22-11-18-20(25-3)24-17(12-23-18)16-6-4-5-14(2)19(16)21;1-12-5-3-7-14(18(12)20)16-11-21-15(19(23-16)25-2)8-4-6-13-9-10-17(24)22-13/h4-6,12,15,22H,1,7-11H2,2-3H3;3,5,7,11,13H,4,6,8-10H2,1-2H3,(H,22,24)/t15-;13-/m11/s1. The molecule has 1 amide bonds. The van der Waals surface area contributed by atoms with Crippen LogP contribution in [0.3, 0.4) is 0 Å². The molecule has 0 spiro atoms. The molecule has 0 radical (unpaired) electrons. The first-order valence-electron chi connectivity index (χ1n) is 17.1. The zero-order valence-electron chi connectivity index (χ0n) is 29.3. The molecule has 2 fully saturated rings. The van der Waals surface area contributed by atoms with Gasteiger partial charge in [-0.1, -0.05) is 71.8 Å². The maximum Gasteiger partial charge on any atom is 0.237 e. The number of rotatable bonds is 12. The topological polar surface area (TPSA) is 111 Å². The van der Waals surface area contributed by atoms with Crippen molar-refractivity contribution in [1.82, 2.24) is 30.6 Å². The third-order valence-corrected chi connectivity index (χ3v) is 10.2. The summed E-state index contributed by atoms with van der Waals surface area (Å²) in [4.78, 5) is 29.5. The molecule has 1 saturated carbocycles. The highest BCUT2D eigenvalue weighted by molar-refractivity contribution is 6.34. The summed E-state index contributed by atoms with van der Waals surface area (Å²) in [7, 11) is 3.22. The number of aromatic nitrogens is 4. The van der Waals surface area contributed by atoms with E-state index in [1.807, 2.05) is 50.2 Å². The molecule has 0 bridgehead atoms. The Bertz CT molecular complexity index is 1690. The molecule has 1 saturated heterocycles. The summed E-state index contributed by atoms with van der Waals surface area (Å²) < 4.78 is 10.9. The van der Waals surface area contributed by atoms with Gasteiger partial charge in [0.15, 0.2) is 0 Å². The third kappa shape index (κ3) is 9.59. The fraction of sp³-hybridized carbons (Fsp3) is 0.410. The summed E-state index contributed by atoms with van der Waals surface area (Å²) in [6, 6.07) is 12.0. The van der Waals surface area contributed by atoms with Crippen LogP contribution in [-0.4, -0.2) is 52.6 Å². The highest BCUT2D eigenvalue weighted by atomic mass is 35.5. The SMILES string of the molecule is C=C1CC[C@@H](CNCc2ncc(-c3cccc(C)c3Cl)nc2OC)C1.COc1nc(-c2cccc(C)c2Cl)cnc1CCC[C@@H]1CCC(=O)N1. The molecule has 2 aromatic heterocycles. The molecule has 1 aliphatic carbocycles. The molecule has 0 unspecified atom stereocenters. The number of methoxy groups -OCH3 is 2. The molecule has 2 atom stereocenters. The predicted molar refractivity (Wildman–Crippen MR) is 200 cm³/mol. The smallest absolute Gasteiger partial charge is 0.237 e. The van der Waals surface area contributed by atoms with Gasteiger partial charge in [0.25, 0.3) is 0 Å². The number of nitrogens with one attached hydrogen (secondary N) is 2. The lowest BCUT2D eigenvalue weighted by Gasteiger charge is -2.13. The Labute approximate surface area is 305 Å². The number of benzene rings is 2. The van der Waals surface area contributed by atoms with Gasteiger partial charge in [-0.15, -0.1) is 0 Å². The van der Waals surface area contributed by atoms with E-state index in [0.29, 0.717) is 46.4 Å². The van der Waals surface area contributed by atoms with Crippen LogP contribution in [0.25, 0.3) is 22.5 Å². The zero-order valence-corrected chi connectivity index (χ0v) is 30.8. The number of ether oxygens (including phenoxy) is 2. The molecule has 2 aromatic carbocycles. The van der Waals surface area contributed by atoms with Gasteiger partial charge < -0.3 is 20.1 Å². The van der Waals surface area contributed by atoms with E-state index in [4.69, 9.17) is 32.7 Å². The number of carbonyl (C=O) groups is 1. The third-order valence-electron chi connectivity index (χ3n) is 9.21. The van der Waals surface area contributed by atoms with E-state index in [1.54, 1.807) is 26.6 Å². The number of hydrogen-bond acceptors (Lipinski definition) is 8. The highest BCUT2D eigenvalue weighted by Crippen LogP contribution is 2.32. The lowest BCUT2D eigenvalue weighted by molar-refractivity contribution is -0.119. The average molecular weight is 718 g/mol. The fourth-order valence-electron chi connectivity index (χ4n) is 6.36. The summed E-state index contributed by atoms with van der Waals surface area (Å²) >= 11 is 12.8. The molecule has 3 heterocycles. The van der Waals surface area contributed by atoms with Crippen molar-refractivity contribution < 1.29 is 14.3 Å². The number of aryl methyl sites for hydroxylation is 3. The van der Waals surface area contributed by atoms with Crippen molar-refractivity contribution >= 4 is 29.1 Å². The lowest BCUT2D eigenvalue weighted by Crippen LogP contribution is -2.25. The van der Waals surface area contributed by atoms with E-state index in [-0.39, 0.29) is 11.9 Å². The summed E-state index contributed by atoms with van der Waals surface area (Å²) in [5.74, 6) is 1.91. The first-order chi connectivity index (χ1) is 24.2. The number of nitrogens with zero attached hydrogens (tertiary/aromatic N) is 4. The fourth-order valence-corrected chi connectivity index (χ4v) is 6.81. The van der Waals surface area contributed by atoms with Crippen LogP contribution in [0, 0.1) is 19.8 Å². The summed E-state index contributed by atoms with van der Waals surface area (Å²) in [6.45, 7) is 9.62. The summed E-state index contributed by atoms with van der Waals surface area (Å²) in [6.07, 6.45) is 11.2. The van der Waals surface area contributed by atoms with Gasteiger partial charge in [0.05, 0.1) is 48.0 Å². The van der Waals surface area contributed by atoms with Gasteiger partial charge in [-0.3, -0.25) is 14.8 Å². The highest BCUT2D eigenvalue weighted by Gasteiger charge is 2.21. The Balaban J connectivity index is 0.000000194. The van der Waals surface area contributed by atoms with Crippen molar-refractivity contribution in [1.29, 1.82) is 0 Å². The van der Waals surface area contributed by atoms with Crippen molar-refractivity contribution in [3.8, 4) is 34.3 Å². The Kier molecular flexibility index (Phi) is 13.2. The van der Waals surface area contributed by atoms with Crippen LogP contribution in [-0.2, 0) is 17.8 Å². The summed E-state index contributed by atoms with van der Waals surface area (Å²) in [5.41, 5.74) is 8.18. The second-order valence-corrected chi connectivity index (χ2v) is 13.7. The molecular formula is C39H46Cl2N6O3. The van der Waals surface area contributed by atoms with Gasteiger partial charge in [0, 0.05) is 30.1 Å². The molecule has 4 aromatic rings. The van der Waals surface area contributed by atoms with Crippen molar-refractivity contribution in [3.63, 3.8) is 0 Å². The second kappa shape index (κ2) is 17.7. The van der Waals surface area contributed by atoms with E-state index < -0.39 is 0 Å². The van der Waals surface area contributed by atoms with Crippen LogP contribution in [0.2, 0.25) is 10.0 Å². The first kappa shape index (κ1) is 37.2. The van der Waals surface area contributed by atoms with E-state index in [0.717, 1.165) is 84.4 Å². The minimum Gasteiger partial charge on any atom is -0.480 e. The maximum absolute atomic E-state index is 11.2. The van der Waals surface area contributed by atoms with Crippen molar-refractivity contribution in [3.05, 3.63) is 93.5 Å². The molecular weight excluding hydrogens is 671 g/mol. The van der Waals surface area contributed by atoms with Crippen molar-refractivity contribution in [2.45, 2.75) is 77.8 Å². The Morgan fingerprint density at radius 1 is 0.880 bits per heavy atom. The first-order valence-corrected chi connectivity index (χ1v) is 17.9. The monoisotopic (exact) mass is 716 g/mol. The van der Waals surface area contributed by atoms with Crippen LogP contribution >= 0.6 is 23.2 Å². The molecule has 264 valence electrons. The molecule has 2 aliphatic rings. The molecule has 6 rings (SSSR count). The molecule has 9 nitrogen and oxygen atoms in total. The summed E-state index contributed by atoms with van der Waals surface area (Å²) in [5, 5.41) is 7.84. The van der Waals surface area contributed by atoms with Crippen molar-refractivity contribution in [2.75, 3.05) is 20.8 Å². The van der Waals surface area contributed by atoms with Gasteiger partial charge in [-0.25, -0.2) is 9.97 Å². The lowest BCUT2D eigenvalue weighted by atomic mass is 10.1. The molecule has 1 aliphatic heterocycles. The quantitative estimate of drug-likeness (QED) is 0.141. The molecule has 2 N–H and O–H groups in total. The predicted octanol–water partition coefficient (Wildman–Crippen LogP) is 8.28. The van der Waals surface area contributed by atoms with Crippen LogP contribution in [0.1, 0.15) is 67.5 Å². The van der Waals surface area contributed by atoms with E-state index in [9.17, 15) is 4.79 Å². The van der Waals surface area contributed by atoms with E-state index >= 15 is 0 Å². The van der Waals surface area contributed by atoms with Gasteiger partial charge in [-0.05, 0) is 82.4 Å². The number of allylic oxidation sites excluding steroid dienone is 1. The van der Waals surface area contributed by atoms with Gasteiger partial charge in [0.2, 0.25) is 17.7 Å². The number of amides is 1. The van der Waals surface area contributed by atoms with Crippen LogP contribution in [0.5, 0.6) is 11.8 Å². The van der Waals surface area contributed by atoms with Crippen LogP contribution in [0.4, 0.5) is 0 Å². The van der Waals surface area contributed by atoms with Gasteiger partial charge in [-0.2, -0.15) is 0 Å². The maximum atomic E-state index is 11.2. The van der Waals surface area contributed by atoms with Crippen LogP contribution in [0.15, 0.2) is 60.9 Å². The van der Waals surface area contributed by atoms with E-state index in [2.05, 4.69) is 37.1 Å². The van der Waals surface area contributed by atoms with Crippen molar-refractivity contribution in [2.24, 2.45) is 5.92 Å². The largest absolute Gasteiger partial charge is 0.480 e. The minimum atomic E-state index is 0.154. The van der Waals surface area contributed by atoms with Gasteiger partial charge in [0.1, 0.15) is 11.4 Å². The Morgan fingerprint density at radius 3 is 2.02 bits per heavy atom. The number of hydrogen-bond donors (Lipinski definition) is 2. The number of halogens is 2. The van der Waals surface area contributed by atoms with E-state index in [1.165, 1.54) is 12.0 Å². The molecule has 50 heavy (non-hydrogen) atoms.